The standard InChI is InChI=1S/C15H17N3O5/c1-10(19)17-12(8-11-6-4-3-5-7-11)14(21)23-9-13(20)18-15(22)16-2/h3-8H,9H2,1-2H3,(H,17,19)(H2,16,18,20,22)/b12-8-. The highest BCUT2D eigenvalue weighted by Crippen LogP contribution is 2.06. The van der Waals surface area contributed by atoms with Gasteiger partial charge < -0.3 is 15.4 Å². The van der Waals surface area contributed by atoms with E-state index < -0.39 is 30.4 Å². The molecule has 8 heteroatoms. The van der Waals surface area contributed by atoms with Crippen molar-refractivity contribution < 1.29 is 23.9 Å². The number of benzene rings is 1. The molecule has 0 aromatic heterocycles. The molecule has 0 radical (unpaired) electrons. The molecule has 0 atom stereocenters. The highest BCUT2D eigenvalue weighted by atomic mass is 16.5. The summed E-state index contributed by atoms with van der Waals surface area (Å²) in [6.07, 6.45) is 1.42. The molecule has 1 aromatic carbocycles. The maximum absolute atomic E-state index is 12.0. The molecule has 23 heavy (non-hydrogen) atoms. The molecule has 0 aliphatic carbocycles. The van der Waals surface area contributed by atoms with Crippen molar-refractivity contribution >= 4 is 29.9 Å². The number of hydrogen-bond donors (Lipinski definition) is 3. The lowest BCUT2D eigenvalue weighted by atomic mass is 10.2. The maximum Gasteiger partial charge on any atom is 0.355 e. The predicted octanol–water partition coefficient (Wildman–Crippen LogP) is 0.162. The third-order valence-electron chi connectivity index (χ3n) is 2.46. The Bertz CT molecular complexity index is 625. The molecule has 0 unspecified atom stereocenters. The zero-order valence-corrected chi connectivity index (χ0v) is 12.7. The van der Waals surface area contributed by atoms with Crippen molar-refractivity contribution in [2.75, 3.05) is 13.7 Å². The summed E-state index contributed by atoms with van der Waals surface area (Å²) in [6, 6.07) is 8.07. The Hall–Kier alpha value is -3.16. The van der Waals surface area contributed by atoms with Gasteiger partial charge in [0.15, 0.2) is 6.61 Å². The Balaban J connectivity index is 2.73. The fourth-order valence-electron chi connectivity index (χ4n) is 1.49. The van der Waals surface area contributed by atoms with E-state index in [1.54, 1.807) is 30.3 Å². The molecule has 122 valence electrons. The molecule has 4 amide bonds. The molecule has 0 heterocycles. The Kier molecular flexibility index (Phi) is 6.99. The second-order valence-electron chi connectivity index (χ2n) is 4.35. The van der Waals surface area contributed by atoms with Crippen LogP contribution in [-0.4, -0.2) is 37.5 Å². The van der Waals surface area contributed by atoms with Crippen LogP contribution in [0, 0.1) is 0 Å². The van der Waals surface area contributed by atoms with E-state index in [1.807, 2.05) is 5.32 Å². The molecule has 0 aliphatic heterocycles. The Morgan fingerprint density at radius 1 is 1.09 bits per heavy atom. The molecule has 0 aliphatic rings. The normalized spacial score (nSPS) is 10.4. The number of imide groups is 1. The fraction of sp³-hybridized carbons (Fsp3) is 0.200. The summed E-state index contributed by atoms with van der Waals surface area (Å²) in [7, 11) is 1.34. The number of carbonyl (C=O) groups excluding carboxylic acids is 4. The lowest BCUT2D eigenvalue weighted by molar-refractivity contribution is -0.145. The monoisotopic (exact) mass is 319 g/mol. The van der Waals surface area contributed by atoms with Crippen LogP contribution >= 0.6 is 0 Å². The van der Waals surface area contributed by atoms with Crippen molar-refractivity contribution in [3.63, 3.8) is 0 Å². The Labute approximate surface area is 132 Å². The van der Waals surface area contributed by atoms with E-state index in [0.717, 1.165) is 0 Å². The molecular weight excluding hydrogens is 302 g/mol. The summed E-state index contributed by atoms with van der Waals surface area (Å²) in [6.45, 7) is 0.586. The molecule has 0 fully saturated rings. The van der Waals surface area contributed by atoms with Crippen LogP contribution in [0.2, 0.25) is 0 Å². The second kappa shape index (κ2) is 8.98. The first-order valence-corrected chi connectivity index (χ1v) is 6.65. The first-order valence-electron chi connectivity index (χ1n) is 6.65. The molecule has 1 rings (SSSR count). The largest absolute Gasteiger partial charge is 0.451 e. The van der Waals surface area contributed by atoms with E-state index in [-0.39, 0.29) is 5.70 Å². The summed E-state index contributed by atoms with van der Waals surface area (Å²) in [5.41, 5.74) is 0.555. The molecule has 1 aromatic rings. The lowest BCUT2D eigenvalue weighted by Gasteiger charge is -2.09. The molecule has 3 N–H and O–H groups in total. The number of hydrogen-bond acceptors (Lipinski definition) is 5. The van der Waals surface area contributed by atoms with Crippen LogP contribution in [0.1, 0.15) is 12.5 Å². The van der Waals surface area contributed by atoms with Gasteiger partial charge >= 0.3 is 12.0 Å². The van der Waals surface area contributed by atoms with E-state index in [0.29, 0.717) is 5.56 Å². The number of rotatable bonds is 5. The van der Waals surface area contributed by atoms with Gasteiger partial charge in [0, 0.05) is 14.0 Å². The Morgan fingerprint density at radius 2 is 1.74 bits per heavy atom. The van der Waals surface area contributed by atoms with Crippen molar-refractivity contribution in [1.82, 2.24) is 16.0 Å². The first-order chi connectivity index (χ1) is 10.9. The molecule has 0 bridgehead atoms. The van der Waals surface area contributed by atoms with Crippen LogP contribution in [-0.2, 0) is 19.1 Å². The van der Waals surface area contributed by atoms with Crippen LogP contribution in [0.15, 0.2) is 36.0 Å². The minimum atomic E-state index is -0.892. The average Bonchev–Trinajstić information content (AvgIpc) is 2.52. The number of esters is 1. The SMILES string of the molecule is CNC(=O)NC(=O)COC(=O)/C(=C/c1ccccc1)NC(C)=O. The van der Waals surface area contributed by atoms with Gasteiger partial charge in [-0.3, -0.25) is 14.9 Å². The smallest absolute Gasteiger partial charge is 0.355 e. The summed E-state index contributed by atoms with van der Waals surface area (Å²) in [5, 5.41) is 6.47. The highest BCUT2D eigenvalue weighted by Gasteiger charge is 2.15. The van der Waals surface area contributed by atoms with Crippen LogP contribution in [0.25, 0.3) is 6.08 Å². The minimum Gasteiger partial charge on any atom is -0.451 e. The third kappa shape index (κ3) is 6.89. The molecular formula is C15H17N3O5. The molecule has 0 spiro atoms. The van der Waals surface area contributed by atoms with Crippen molar-refractivity contribution in [2.45, 2.75) is 6.92 Å². The number of ether oxygens (including phenoxy) is 1. The maximum atomic E-state index is 12.0. The van der Waals surface area contributed by atoms with Crippen molar-refractivity contribution in [2.24, 2.45) is 0 Å². The van der Waals surface area contributed by atoms with E-state index in [1.165, 1.54) is 20.0 Å². The lowest BCUT2D eigenvalue weighted by Crippen LogP contribution is -2.40. The summed E-state index contributed by atoms with van der Waals surface area (Å²) in [5.74, 6) is -2.14. The quantitative estimate of drug-likeness (QED) is 0.528. The molecule has 8 nitrogen and oxygen atoms in total. The van der Waals surface area contributed by atoms with Crippen LogP contribution in [0.3, 0.4) is 0 Å². The van der Waals surface area contributed by atoms with Crippen molar-refractivity contribution in [3.05, 3.63) is 41.6 Å². The zero-order valence-electron chi connectivity index (χ0n) is 12.7. The molecule has 0 saturated carbocycles. The molecule has 0 saturated heterocycles. The first kappa shape index (κ1) is 17.9. The van der Waals surface area contributed by atoms with Gasteiger partial charge in [0.05, 0.1) is 0 Å². The van der Waals surface area contributed by atoms with Gasteiger partial charge in [-0.15, -0.1) is 0 Å². The van der Waals surface area contributed by atoms with Gasteiger partial charge in [-0.25, -0.2) is 9.59 Å². The highest BCUT2D eigenvalue weighted by molar-refractivity contribution is 6.00. The van der Waals surface area contributed by atoms with E-state index in [4.69, 9.17) is 4.74 Å². The van der Waals surface area contributed by atoms with E-state index >= 15 is 0 Å². The fourth-order valence-corrected chi connectivity index (χ4v) is 1.49. The van der Waals surface area contributed by atoms with Gasteiger partial charge in [-0.1, -0.05) is 30.3 Å². The van der Waals surface area contributed by atoms with Crippen LogP contribution in [0.4, 0.5) is 4.79 Å². The topological polar surface area (TPSA) is 114 Å². The van der Waals surface area contributed by atoms with E-state index in [9.17, 15) is 19.2 Å². The van der Waals surface area contributed by atoms with Crippen molar-refractivity contribution in [1.29, 1.82) is 0 Å². The minimum absolute atomic E-state index is 0.114. The van der Waals surface area contributed by atoms with Gasteiger partial charge in [0.1, 0.15) is 5.70 Å². The van der Waals surface area contributed by atoms with Gasteiger partial charge in [0.25, 0.3) is 5.91 Å². The summed E-state index contributed by atoms with van der Waals surface area (Å²) < 4.78 is 4.77. The third-order valence-corrected chi connectivity index (χ3v) is 2.46. The number of urea groups is 1. The van der Waals surface area contributed by atoms with Crippen LogP contribution in [0.5, 0.6) is 0 Å². The van der Waals surface area contributed by atoms with Gasteiger partial charge in [0.2, 0.25) is 5.91 Å². The number of amides is 4. The number of carbonyl (C=O) groups is 4. The summed E-state index contributed by atoms with van der Waals surface area (Å²) >= 11 is 0. The van der Waals surface area contributed by atoms with Crippen molar-refractivity contribution in [3.8, 4) is 0 Å². The van der Waals surface area contributed by atoms with Crippen LogP contribution < -0.4 is 16.0 Å². The summed E-state index contributed by atoms with van der Waals surface area (Å²) in [4.78, 5) is 45.4. The van der Waals surface area contributed by atoms with Gasteiger partial charge in [-0.05, 0) is 11.6 Å². The second-order valence-corrected chi connectivity index (χ2v) is 4.35. The number of nitrogens with one attached hydrogen (secondary N) is 3. The Morgan fingerprint density at radius 3 is 2.30 bits per heavy atom. The zero-order chi connectivity index (χ0) is 17.2. The average molecular weight is 319 g/mol. The van der Waals surface area contributed by atoms with Gasteiger partial charge in [-0.2, -0.15) is 0 Å². The van der Waals surface area contributed by atoms with E-state index in [2.05, 4.69) is 10.6 Å². The predicted molar refractivity (Wildman–Crippen MR) is 81.8 cm³/mol.